The van der Waals surface area contributed by atoms with Gasteiger partial charge in [-0.3, -0.25) is 9.59 Å². The Morgan fingerprint density at radius 3 is 2.22 bits per heavy atom. The summed E-state index contributed by atoms with van der Waals surface area (Å²) >= 11 is 0. The molecule has 0 bridgehead atoms. The van der Waals surface area contributed by atoms with Crippen molar-refractivity contribution >= 4 is 39.0 Å². The molecule has 1 heterocycles. The number of sulfonamides is 1. The van der Waals surface area contributed by atoms with Gasteiger partial charge in [-0.05, 0) is 85.7 Å². The van der Waals surface area contributed by atoms with Crippen molar-refractivity contribution in [2.75, 3.05) is 6.54 Å². The van der Waals surface area contributed by atoms with Crippen molar-refractivity contribution in [2.24, 2.45) is 0 Å². The molecule has 236 valence electrons. The van der Waals surface area contributed by atoms with E-state index in [1.165, 1.54) is 0 Å². The lowest BCUT2D eigenvalue weighted by Gasteiger charge is -2.21. The van der Waals surface area contributed by atoms with Gasteiger partial charge in [-0.15, -0.1) is 0 Å². The van der Waals surface area contributed by atoms with Crippen molar-refractivity contribution in [1.82, 2.24) is 25.3 Å². The molecule has 0 saturated heterocycles. The number of nitrogens with zero attached hydrogens (tertiary/aromatic N) is 1. The number of amides is 2. The van der Waals surface area contributed by atoms with Crippen LogP contribution in [0.5, 0.6) is 0 Å². The number of urea groups is 1. The molecule has 1 aromatic heterocycles. The van der Waals surface area contributed by atoms with Crippen LogP contribution in [-0.4, -0.2) is 48.1 Å². The third-order valence-corrected chi connectivity index (χ3v) is 9.70. The summed E-state index contributed by atoms with van der Waals surface area (Å²) in [5.41, 5.74) is 5.24. The third kappa shape index (κ3) is 7.83. The molecule has 4 rings (SSSR count). The van der Waals surface area contributed by atoms with Crippen LogP contribution >= 0.6 is 0 Å². The SMILES string of the molecule is Cc1c(C)c(C)c(S(=O)(=O)N[C@@H](Cc2nc3ccc(/C=C/CNC(=O)NCc4ccccc4)cc3c(=O)[nH]2)C(=O)O)c(C)c1C. The van der Waals surface area contributed by atoms with E-state index in [2.05, 4.69) is 25.3 Å². The van der Waals surface area contributed by atoms with Gasteiger partial charge in [0.25, 0.3) is 5.56 Å². The van der Waals surface area contributed by atoms with E-state index in [1.54, 1.807) is 44.2 Å². The summed E-state index contributed by atoms with van der Waals surface area (Å²) in [5.74, 6) is -1.37. The van der Waals surface area contributed by atoms with Crippen LogP contribution in [0.25, 0.3) is 17.0 Å². The number of rotatable bonds is 11. The maximum absolute atomic E-state index is 13.4. The van der Waals surface area contributed by atoms with Crippen molar-refractivity contribution in [2.45, 2.75) is 58.5 Å². The van der Waals surface area contributed by atoms with Crippen molar-refractivity contribution in [3.63, 3.8) is 0 Å². The van der Waals surface area contributed by atoms with E-state index < -0.39 is 27.6 Å². The molecule has 0 saturated carbocycles. The van der Waals surface area contributed by atoms with Gasteiger partial charge in [0, 0.05) is 19.5 Å². The van der Waals surface area contributed by atoms with Crippen LogP contribution in [0.3, 0.4) is 0 Å². The van der Waals surface area contributed by atoms with E-state index >= 15 is 0 Å². The average Bonchev–Trinajstić information content (AvgIpc) is 3.00. The minimum atomic E-state index is -4.23. The Hall–Kier alpha value is -4.81. The smallest absolute Gasteiger partial charge is 0.322 e. The highest BCUT2D eigenvalue weighted by Crippen LogP contribution is 2.29. The molecule has 5 N–H and O–H groups in total. The van der Waals surface area contributed by atoms with Crippen LogP contribution in [0.15, 0.2) is 64.3 Å². The number of H-pyrrole nitrogens is 1. The number of carbonyl (C=O) groups is 2. The second-order valence-corrected chi connectivity index (χ2v) is 12.6. The molecule has 0 aliphatic heterocycles. The van der Waals surface area contributed by atoms with Gasteiger partial charge in [0.1, 0.15) is 11.9 Å². The molecular formula is C33H37N5O6S. The van der Waals surface area contributed by atoms with E-state index in [0.717, 1.165) is 22.3 Å². The summed E-state index contributed by atoms with van der Waals surface area (Å²) in [4.78, 5) is 44.2. The standard InChI is InChI=1S/C33H37N5O6S/c1-19-20(2)22(4)30(23(5)21(19)3)45(43,44)38-28(32(40)41)17-29-36-27-14-13-24(16-26(27)31(39)37-29)12-9-15-34-33(42)35-18-25-10-7-6-8-11-25/h6-14,16,28,38H,15,17-18H2,1-5H3,(H,40,41)(H2,34,35,42)(H,36,37,39)/b12-9+/t28-/m0/s1. The van der Waals surface area contributed by atoms with Crippen LogP contribution < -0.4 is 20.9 Å². The zero-order chi connectivity index (χ0) is 32.9. The molecule has 12 heteroatoms. The van der Waals surface area contributed by atoms with E-state index in [9.17, 15) is 27.9 Å². The zero-order valence-electron chi connectivity index (χ0n) is 25.8. The Morgan fingerprint density at radius 2 is 1.58 bits per heavy atom. The summed E-state index contributed by atoms with van der Waals surface area (Å²) < 4.78 is 29.2. The lowest BCUT2D eigenvalue weighted by atomic mass is 9.95. The van der Waals surface area contributed by atoms with Gasteiger partial charge in [0.05, 0.1) is 15.8 Å². The lowest BCUT2D eigenvalue weighted by Crippen LogP contribution is -2.43. The molecule has 3 aromatic carbocycles. The molecule has 0 radical (unpaired) electrons. The Labute approximate surface area is 261 Å². The minimum Gasteiger partial charge on any atom is -0.480 e. The van der Waals surface area contributed by atoms with Crippen molar-refractivity contribution < 1.29 is 23.1 Å². The number of carboxylic acid groups (broad SMARTS) is 1. The molecule has 0 aliphatic rings. The Morgan fingerprint density at radius 1 is 0.933 bits per heavy atom. The highest BCUT2D eigenvalue weighted by atomic mass is 32.2. The molecule has 45 heavy (non-hydrogen) atoms. The van der Waals surface area contributed by atoms with Crippen LogP contribution in [0.1, 0.15) is 44.8 Å². The van der Waals surface area contributed by atoms with Crippen LogP contribution in [0, 0.1) is 34.6 Å². The number of aliphatic carboxylic acids is 1. The quantitative estimate of drug-likeness (QED) is 0.167. The number of carboxylic acids is 1. The highest BCUT2D eigenvalue weighted by molar-refractivity contribution is 7.89. The third-order valence-electron chi connectivity index (χ3n) is 7.96. The normalized spacial score (nSPS) is 12.4. The van der Waals surface area contributed by atoms with Gasteiger partial charge >= 0.3 is 12.0 Å². The van der Waals surface area contributed by atoms with Crippen LogP contribution in [0.2, 0.25) is 0 Å². The van der Waals surface area contributed by atoms with Crippen molar-refractivity contribution in [3.8, 4) is 0 Å². The maximum atomic E-state index is 13.4. The molecular weight excluding hydrogens is 594 g/mol. The lowest BCUT2D eigenvalue weighted by molar-refractivity contribution is -0.139. The summed E-state index contributed by atoms with van der Waals surface area (Å²) in [5, 5.41) is 15.7. The fourth-order valence-corrected chi connectivity index (χ4v) is 6.87. The maximum Gasteiger partial charge on any atom is 0.322 e. The number of aromatic nitrogens is 2. The van der Waals surface area contributed by atoms with E-state index in [4.69, 9.17) is 0 Å². The first-order valence-electron chi connectivity index (χ1n) is 14.4. The molecule has 4 aromatic rings. The first-order valence-corrected chi connectivity index (χ1v) is 15.8. The number of carbonyl (C=O) groups excluding carboxylic acids is 1. The first-order chi connectivity index (χ1) is 21.3. The monoisotopic (exact) mass is 631 g/mol. The number of hydrogen-bond acceptors (Lipinski definition) is 6. The Bertz CT molecular complexity index is 1920. The highest BCUT2D eigenvalue weighted by Gasteiger charge is 2.30. The largest absolute Gasteiger partial charge is 0.480 e. The molecule has 0 unspecified atom stereocenters. The van der Waals surface area contributed by atoms with E-state index in [-0.39, 0.29) is 35.1 Å². The van der Waals surface area contributed by atoms with Gasteiger partial charge in [0.15, 0.2) is 0 Å². The summed E-state index contributed by atoms with van der Waals surface area (Å²) in [6.07, 6.45) is 3.11. The summed E-state index contributed by atoms with van der Waals surface area (Å²) in [6.45, 7) is 9.65. The number of nitrogens with one attached hydrogen (secondary N) is 4. The van der Waals surface area contributed by atoms with Crippen LogP contribution in [0.4, 0.5) is 4.79 Å². The fraction of sp³-hybridized carbons (Fsp3) is 0.273. The average molecular weight is 632 g/mol. The predicted molar refractivity (Wildman–Crippen MR) is 174 cm³/mol. The number of hydrogen-bond donors (Lipinski definition) is 5. The van der Waals surface area contributed by atoms with Gasteiger partial charge in [0.2, 0.25) is 10.0 Å². The fourth-order valence-electron chi connectivity index (χ4n) is 5.08. The Balaban J connectivity index is 1.45. The van der Waals surface area contributed by atoms with Crippen LogP contribution in [-0.2, 0) is 27.8 Å². The van der Waals surface area contributed by atoms with E-state index in [1.807, 2.05) is 51.1 Å². The van der Waals surface area contributed by atoms with Gasteiger partial charge < -0.3 is 20.7 Å². The summed E-state index contributed by atoms with van der Waals surface area (Å²) in [6, 6.07) is 12.6. The number of benzene rings is 3. The zero-order valence-corrected chi connectivity index (χ0v) is 26.6. The first kappa shape index (κ1) is 33.1. The molecule has 11 nitrogen and oxygen atoms in total. The van der Waals surface area contributed by atoms with Gasteiger partial charge in [-0.2, -0.15) is 4.72 Å². The predicted octanol–water partition coefficient (Wildman–Crippen LogP) is 3.95. The second kappa shape index (κ2) is 13.9. The van der Waals surface area contributed by atoms with Crippen molar-refractivity contribution in [1.29, 1.82) is 0 Å². The minimum absolute atomic E-state index is 0.0290. The van der Waals surface area contributed by atoms with Gasteiger partial charge in [-0.1, -0.05) is 48.6 Å². The second-order valence-electron chi connectivity index (χ2n) is 10.9. The topological polar surface area (TPSA) is 170 Å². The molecule has 1 atom stereocenters. The Kier molecular flexibility index (Phi) is 10.2. The van der Waals surface area contributed by atoms with Crippen molar-refractivity contribution in [3.05, 3.63) is 110 Å². The number of aromatic amines is 1. The molecule has 0 spiro atoms. The molecule has 0 fully saturated rings. The number of fused-ring (bicyclic) bond motifs is 1. The van der Waals surface area contributed by atoms with E-state index in [0.29, 0.717) is 28.8 Å². The molecule has 0 aliphatic carbocycles. The summed E-state index contributed by atoms with van der Waals surface area (Å²) in [7, 11) is -4.23. The van der Waals surface area contributed by atoms with Gasteiger partial charge in [-0.25, -0.2) is 18.2 Å². The molecule has 2 amide bonds.